The van der Waals surface area contributed by atoms with Crippen molar-refractivity contribution in [2.75, 3.05) is 54.5 Å². The van der Waals surface area contributed by atoms with E-state index in [1.807, 2.05) is 38.0 Å². The predicted octanol–water partition coefficient (Wildman–Crippen LogP) is -1.41. The Morgan fingerprint density at radius 1 is 0.733 bits per heavy atom. The van der Waals surface area contributed by atoms with Crippen molar-refractivity contribution in [1.82, 2.24) is 9.80 Å². The molecule has 0 saturated carbocycles. The monoisotopic (exact) mass is 267 g/mol. The summed E-state index contributed by atoms with van der Waals surface area (Å²) in [6.07, 6.45) is 1.54. The molecule has 0 rings (SSSR count). The van der Waals surface area contributed by atoms with E-state index in [2.05, 4.69) is 0 Å². The summed E-state index contributed by atoms with van der Waals surface area (Å²) in [5.41, 5.74) is 0. The number of hydrogen-bond acceptors (Lipinski definition) is 4. The van der Waals surface area contributed by atoms with Crippen LogP contribution in [0, 0.1) is 0 Å². The van der Waals surface area contributed by atoms with Crippen molar-refractivity contribution in [2.45, 2.75) is 12.8 Å². The van der Waals surface area contributed by atoms with Gasteiger partial charge in [-0.3, -0.25) is 0 Å². The fraction of sp³-hybridized carbons (Fsp3) is 1.00. The molecule has 0 aromatic rings. The Morgan fingerprint density at radius 2 is 1.00 bits per heavy atom. The molecule has 0 atom stereocenters. The van der Waals surface area contributed by atoms with Crippen LogP contribution >= 0.6 is 0 Å². The molecule has 97 valence electrons. The molecule has 0 aromatic carbocycles. The van der Waals surface area contributed by atoms with Gasteiger partial charge in [-0.1, -0.05) is 12.8 Å². The third kappa shape index (κ3) is 31.4. The third-order valence-electron chi connectivity index (χ3n) is 1.50. The first-order valence-electron chi connectivity index (χ1n) is 5.00. The Balaban J connectivity index is -0.000000180. The molecular formula is C10H24CuN2O2. The molecule has 0 N–H and O–H groups in total. The van der Waals surface area contributed by atoms with Crippen LogP contribution in [0.3, 0.4) is 0 Å². The fourth-order valence-corrected chi connectivity index (χ4v) is 0.762. The summed E-state index contributed by atoms with van der Waals surface area (Å²) in [5.74, 6) is 0. The maximum atomic E-state index is 9.81. The summed E-state index contributed by atoms with van der Waals surface area (Å²) < 4.78 is 0. The van der Waals surface area contributed by atoms with E-state index < -0.39 is 0 Å². The summed E-state index contributed by atoms with van der Waals surface area (Å²) in [6.45, 7) is 1.95. The van der Waals surface area contributed by atoms with Crippen molar-refractivity contribution >= 4 is 0 Å². The zero-order chi connectivity index (χ0) is 11.4. The molecule has 5 heteroatoms. The summed E-state index contributed by atoms with van der Waals surface area (Å²) in [6, 6.07) is 0. The van der Waals surface area contributed by atoms with Gasteiger partial charge in [-0.2, -0.15) is 0 Å². The van der Waals surface area contributed by atoms with Gasteiger partial charge in [0.25, 0.3) is 0 Å². The number of rotatable bonds is 6. The van der Waals surface area contributed by atoms with E-state index in [9.17, 15) is 10.2 Å². The first-order chi connectivity index (χ1) is 6.54. The van der Waals surface area contributed by atoms with Gasteiger partial charge < -0.3 is 20.0 Å². The Bertz CT molecular complexity index is 91.4. The van der Waals surface area contributed by atoms with Gasteiger partial charge in [0, 0.05) is 0 Å². The van der Waals surface area contributed by atoms with Crippen LogP contribution in [-0.4, -0.2) is 64.3 Å². The van der Waals surface area contributed by atoms with E-state index in [0.29, 0.717) is 0 Å². The van der Waals surface area contributed by atoms with Crippen LogP contribution in [0.4, 0.5) is 0 Å². The molecule has 0 heterocycles. The van der Waals surface area contributed by atoms with Gasteiger partial charge in [0.1, 0.15) is 0 Å². The molecule has 0 bridgehead atoms. The van der Waals surface area contributed by atoms with E-state index in [0.717, 1.165) is 25.9 Å². The van der Waals surface area contributed by atoms with E-state index in [4.69, 9.17) is 0 Å². The largest absolute Gasteiger partial charge is 2.00 e. The standard InChI is InChI=1S/2C5H12NO.Cu/c2*1-6(2)4-3-5-7;/h2*3-5H2,1-2H3;/q2*-1;+2. The second-order valence-corrected chi connectivity index (χ2v) is 3.72. The van der Waals surface area contributed by atoms with Gasteiger partial charge in [-0.25, -0.2) is 0 Å². The van der Waals surface area contributed by atoms with Gasteiger partial charge in [-0.15, -0.1) is 13.2 Å². The average molecular weight is 268 g/mol. The quantitative estimate of drug-likeness (QED) is 0.555. The molecule has 0 aliphatic carbocycles. The molecule has 0 aromatic heterocycles. The second-order valence-electron chi connectivity index (χ2n) is 3.72. The van der Waals surface area contributed by atoms with Crippen LogP contribution in [0.1, 0.15) is 12.8 Å². The Kier molecular flexibility index (Phi) is 23.2. The number of hydrogen-bond donors (Lipinski definition) is 0. The van der Waals surface area contributed by atoms with Crippen LogP contribution in [0.2, 0.25) is 0 Å². The third-order valence-corrected chi connectivity index (χ3v) is 1.50. The number of nitrogens with zero attached hydrogens (tertiary/aromatic N) is 2. The summed E-state index contributed by atoms with van der Waals surface area (Å²) in [5, 5.41) is 19.6. The summed E-state index contributed by atoms with van der Waals surface area (Å²) in [4.78, 5) is 4.02. The first-order valence-corrected chi connectivity index (χ1v) is 5.00. The van der Waals surface area contributed by atoms with Gasteiger partial charge in [0.05, 0.1) is 0 Å². The van der Waals surface area contributed by atoms with Gasteiger partial charge in [0.2, 0.25) is 0 Å². The van der Waals surface area contributed by atoms with E-state index in [1.54, 1.807) is 0 Å². The van der Waals surface area contributed by atoms with Crippen molar-refractivity contribution in [3.8, 4) is 0 Å². The van der Waals surface area contributed by atoms with Crippen molar-refractivity contribution < 1.29 is 27.3 Å². The molecule has 1 radical (unpaired) electrons. The van der Waals surface area contributed by atoms with Crippen molar-refractivity contribution in [2.24, 2.45) is 0 Å². The maximum Gasteiger partial charge on any atom is 2.00 e. The zero-order valence-electron chi connectivity index (χ0n) is 10.3. The molecule has 0 aliphatic rings. The molecule has 15 heavy (non-hydrogen) atoms. The summed E-state index contributed by atoms with van der Waals surface area (Å²) in [7, 11) is 7.87. The summed E-state index contributed by atoms with van der Waals surface area (Å²) >= 11 is 0. The Hall–Kier alpha value is 0.359. The molecule has 0 spiro atoms. The van der Waals surface area contributed by atoms with Crippen LogP contribution in [0.5, 0.6) is 0 Å². The predicted molar refractivity (Wildman–Crippen MR) is 56.1 cm³/mol. The minimum atomic E-state index is 0. The minimum Gasteiger partial charge on any atom is -0.854 e. The van der Waals surface area contributed by atoms with Crippen LogP contribution < -0.4 is 10.2 Å². The average Bonchev–Trinajstić information content (AvgIpc) is 2.12. The fourth-order valence-electron chi connectivity index (χ4n) is 0.762. The van der Waals surface area contributed by atoms with Gasteiger partial charge in [0.15, 0.2) is 0 Å². The molecular weight excluding hydrogens is 244 g/mol. The zero-order valence-corrected chi connectivity index (χ0v) is 11.2. The van der Waals surface area contributed by atoms with Crippen molar-refractivity contribution in [1.29, 1.82) is 0 Å². The Morgan fingerprint density at radius 3 is 1.07 bits per heavy atom. The normalized spacial score (nSPS) is 9.60. The molecule has 0 unspecified atom stereocenters. The molecule has 0 aliphatic heterocycles. The van der Waals surface area contributed by atoms with Crippen LogP contribution in [-0.2, 0) is 17.1 Å². The SMILES string of the molecule is CN(C)CCC[O-].CN(C)CCC[O-].[Cu+2]. The van der Waals surface area contributed by atoms with Crippen LogP contribution in [0.15, 0.2) is 0 Å². The first kappa shape index (κ1) is 20.7. The molecule has 0 amide bonds. The topological polar surface area (TPSA) is 52.6 Å². The molecule has 0 saturated heterocycles. The molecule has 0 fully saturated rings. The van der Waals surface area contributed by atoms with Crippen molar-refractivity contribution in [3.63, 3.8) is 0 Å². The van der Waals surface area contributed by atoms with Gasteiger partial charge in [-0.05, 0) is 41.3 Å². The van der Waals surface area contributed by atoms with E-state index >= 15 is 0 Å². The smallest absolute Gasteiger partial charge is 0.854 e. The van der Waals surface area contributed by atoms with E-state index in [1.165, 1.54) is 0 Å². The minimum absolute atomic E-state index is 0. The van der Waals surface area contributed by atoms with E-state index in [-0.39, 0.29) is 30.3 Å². The maximum absolute atomic E-state index is 9.81. The molecule has 4 nitrogen and oxygen atoms in total. The van der Waals surface area contributed by atoms with Gasteiger partial charge >= 0.3 is 17.1 Å². The second kappa shape index (κ2) is 16.8. The Labute approximate surface area is 105 Å². The van der Waals surface area contributed by atoms with Crippen molar-refractivity contribution in [3.05, 3.63) is 0 Å². The van der Waals surface area contributed by atoms with Crippen LogP contribution in [0.25, 0.3) is 0 Å².